The molecule has 112 valence electrons. The number of aryl methyl sites for hydroxylation is 1. The van der Waals surface area contributed by atoms with Crippen LogP contribution < -0.4 is 10.5 Å². The number of primary amides is 1. The van der Waals surface area contributed by atoms with Crippen molar-refractivity contribution < 1.29 is 27.5 Å². The summed E-state index contributed by atoms with van der Waals surface area (Å²) >= 11 is 0. The highest BCUT2D eigenvalue weighted by molar-refractivity contribution is 7.89. The number of carboxylic acids is 1. The third kappa shape index (κ3) is 3.36. The summed E-state index contributed by atoms with van der Waals surface area (Å²) in [6.45, 7) is 4.57. The Labute approximate surface area is 116 Å². The molecule has 1 aromatic heterocycles. The van der Waals surface area contributed by atoms with E-state index in [1.807, 2.05) is 0 Å². The number of hydrogen-bond donors (Lipinski definition) is 3. The maximum atomic E-state index is 12.1. The molecular formula is C11H16N2O6S. The minimum absolute atomic E-state index is 0.0816. The predicted octanol–water partition coefficient (Wildman–Crippen LogP) is 0.0744. The van der Waals surface area contributed by atoms with Gasteiger partial charge >= 0.3 is 5.97 Å². The molecule has 20 heavy (non-hydrogen) atoms. The van der Waals surface area contributed by atoms with Crippen molar-refractivity contribution in [3.05, 3.63) is 17.6 Å². The second-order valence-corrected chi connectivity index (χ2v) is 6.26. The van der Waals surface area contributed by atoms with Gasteiger partial charge in [-0.1, -0.05) is 13.8 Å². The lowest BCUT2D eigenvalue weighted by Crippen LogP contribution is -2.47. The number of hydrogen-bond acceptors (Lipinski definition) is 5. The molecule has 0 spiro atoms. The molecule has 0 fully saturated rings. The minimum Gasteiger partial charge on any atom is -0.475 e. The number of amides is 1. The maximum absolute atomic E-state index is 12.1. The van der Waals surface area contributed by atoms with Gasteiger partial charge in [0, 0.05) is 6.07 Å². The van der Waals surface area contributed by atoms with Crippen molar-refractivity contribution in [3.63, 3.8) is 0 Å². The van der Waals surface area contributed by atoms with E-state index in [-0.39, 0.29) is 16.6 Å². The molecule has 1 heterocycles. The molecule has 0 aliphatic heterocycles. The molecule has 1 aromatic rings. The highest BCUT2D eigenvalue weighted by Crippen LogP contribution is 2.21. The summed E-state index contributed by atoms with van der Waals surface area (Å²) in [7, 11) is -4.10. The number of carbonyl (C=O) groups is 2. The Kier molecular flexibility index (Phi) is 4.56. The average Bonchev–Trinajstić information content (AvgIpc) is 2.68. The van der Waals surface area contributed by atoms with Crippen LogP contribution in [0.5, 0.6) is 0 Å². The number of nitrogens with one attached hydrogen (secondary N) is 1. The zero-order valence-electron chi connectivity index (χ0n) is 11.2. The number of carboxylic acid groups (broad SMARTS) is 1. The van der Waals surface area contributed by atoms with E-state index in [1.54, 1.807) is 13.8 Å². The fraction of sp³-hybridized carbons (Fsp3) is 0.455. The van der Waals surface area contributed by atoms with Gasteiger partial charge in [-0.05, 0) is 12.8 Å². The third-order valence-corrected chi connectivity index (χ3v) is 4.18. The average molecular weight is 304 g/mol. The van der Waals surface area contributed by atoms with Crippen molar-refractivity contribution in [3.8, 4) is 0 Å². The molecular weight excluding hydrogens is 288 g/mol. The zero-order valence-corrected chi connectivity index (χ0v) is 12.0. The summed E-state index contributed by atoms with van der Waals surface area (Å²) in [5, 5.41) is 8.76. The molecule has 4 N–H and O–H groups in total. The van der Waals surface area contributed by atoms with Crippen molar-refractivity contribution in [1.29, 1.82) is 0 Å². The van der Waals surface area contributed by atoms with Crippen LogP contribution >= 0.6 is 0 Å². The van der Waals surface area contributed by atoms with E-state index in [0.717, 1.165) is 6.07 Å². The highest BCUT2D eigenvalue weighted by atomic mass is 32.2. The standard InChI is InChI=1S/C11H16N2O6S/c1-5(2)9(10(12)14)13-20(17,18)8-4-7(11(15)16)19-6(8)3/h4-5,9,13H,1-3H3,(H2,12,14)(H,15,16). The SMILES string of the molecule is Cc1oc(C(=O)O)cc1S(=O)(=O)NC(C(N)=O)C(C)C. The van der Waals surface area contributed by atoms with Crippen LogP contribution in [-0.2, 0) is 14.8 Å². The van der Waals surface area contributed by atoms with Gasteiger partial charge in [-0.3, -0.25) is 4.79 Å². The van der Waals surface area contributed by atoms with Gasteiger partial charge in [0.15, 0.2) is 0 Å². The number of furan rings is 1. The second kappa shape index (κ2) is 5.63. The molecule has 9 heteroatoms. The van der Waals surface area contributed by atoms with Gasteiger partial charge in [-0.25, -0.2) is 13.2 Å². The largest absolute Gasteiger partial charge is 0.475 e. The minimum atomic E-state index is -4.10. The molecule has 1 rings (SSSR count). The first-order valence-electron chi connectivity index (χ1n) is 5.71. The molecule has 1 amide bonds. The first-order valence-corrected chi connectivity index (χ1v) is 7.20. The molecule has 0 aromatic carbocycles. The summed E-state index contributed by atoms with van der Waals surface area (Å²) in [5.74, 6) is -3.13. The number of nitrogens with two attached hydrogens (primary N) is 1. The summed E-state index contributed by atoms with van der Waals surface area (Å²) < 4.78 is 31.2. The summed E-state index contributed by atoms with van der Waals surface area (Å²) in [5.41, 5.74) is 5.13. The Bertz CT molecular complexity index is 631. The highest BCUT2D eigenvalue weighted by Gasteiger charge is 2.30. The van der Waals surface area contributed by atoms with Gasteiger partial charge in [-0.2, -0.15) is 4.72 Å². The number of rotatable bonds is 6. The third-order valence-electron chi connectivity index (χ3n) is 2.63. The van der Waals surface area contributed by atoms with Crippen molar-refractivity contribution in [1.82, 2.24) is 4.72 Å². The zero-order chi connectivity index (χ0) is 15.7. The lowest BCUT2D eigenvalue weighted by molar-refractivity contribution is -0.120. The van der Waals surface area contributed by atoms with Crippen LogP contribution in [0.15, 0.2) is 15.4 Å². The Morgan fingerprint density at radius 3 is 2.30 bits per heavy atom. The fourth-order valence-corrected chi connectivity index (χ4v) is 3.12. The van der Waals surface area contributed by atoms with E-state index in [0.29, 0.717) is 0 Å². The number of carbonyl (C=O) groups excluding carboxylic acids is 1. The monoisotopic (exact) mass is 304 g/mol. The first-order chi connectivity index (χ1) is 9.06. The lowest BCUT2D eigenvalue weighted by atomic mass is 10.1. The fourth-order valence-electron chi connectivity index (χ4n) is 1.59. The van der Waals surface area contributed by atoms with E-state index < -0.39 is 33.7 Å². The Morgan fingerprint density at radius 2 is 1.95 bits per heavy atom. The van der Waals surface area contributed by atoms with Crippen molar-refractivity contribution in [2.24, 2.45) is 11.7 Å². The molecule has 8 nitrogen and oxygen atoms in total. The Hall–Kier alpha value is -1.87. The predicted molar refractivity (Wildman–Crippen MR) is 68.5 cm³/mol. The van der Waals surface area contributed by atoms with Gasteiger partial charge in [0.1, 0.15) is 16.7 Å². The first kappa shape index (κ1) is 16.2. The van der Waals surface area contributed by atoms with Crippen LogP contribution in [0, 0.1) is 12.8 Å². The molecule has 0 aliphatic carbocycles. The van der Waals surface area contributed by atoms with E-state index in [2.05, 4.69) is 4.72 Å². The molecule has 1 unspecified atom stereocenters. The Morgan fingerprint density at radius 1 is 1.40 bits per heavy atom. The molecule has 0 aliphatic rings. The van der Waals surface area contributed by atoms with Crippen molar-refractivity contribution in [2.75, 3.05) is 0 Å². The molecule has 1 atom stereocenters. The Balaban J connectivity index is 3.17. The van der Waals surface area contributed by atoms with E-state index in [1.165, 1.54) is 6.92 Å². The van der Waals surface area contributed by atoms with Gasteiger partial charge < -0.3 is 15.3 Å². The van der Waals surface area contributed by atoms with E-state index in [4.69, 9.17) is 15.3 Å². The summed E-state index contributed by atoms with van der Waals surface area (Å²) in [6, 6.07) is -0.208. The van der Waals surface area contributed by atoms with Gasteiger partial charge in [0.25, 0.3) is 0 Å². The van der Waals surface area contributed by atoms with Crippen molar-refractivity contribution in [2.45, 2.75) is 31.7 Å². The second-order valence-electron chi connectivity index (χ2n) is 4.58. The van der Waals surface area contributed by atoms with E-state index >= 15 is 0 Å². The lowest BCUT2D eigenvalue weighted by Gasteiger charge is -2.18. The normalized spacial score (nSPS) is 13.4. The summed E-state index contributed by atoms with van der Waals surface area (Å²) in [6.07, 6.45) is 0. The van der Waals surface area contributed by atoms with E-state index in [9.17, 15) is 18.0 Å². The molecule has 0 radical (unpaired) electrons. The maximum Gasteiger partial charge on any atom is 0.371 e. The summed E-state index contributed by atoms with van der Waals surface area (Å²) in [4.78, 5) is 21.6. The number of sulfonamides is 1. The topological polar surface area (TPSA) is 140 Å². The van der Waals surface area contributed by atoms with Crippen LogP contribution in [0.2, 0.25) is 0 Å². The van der Waals surface area contributed by atoms with Crippen LogP contribution in [0.25, 0.3) is 0 Å². The van der Waals surface area contributed by atoms with Crippen LogP contribution in [0.1, 0.15) is 30.2 Å². The smallest absolute Gasteiger partial charge is 0.371 e. The van der Waals surface area contributed by atoms with Crippen LogP contribution in [0.4, 0.5) is 0 Å². The molecule has 0 bridgehead atoms. The molecule has 0 saturated carbocycles. The van der Waals surface area contributed by atoms with Crippen LogP contribution in [-0.4, -0.2) is 31.4 Å². The van der Waals surface area contributed by atoms with Crippen molar-refractivity contribution >= 4 is 21.9 Å². The van der Waals surface area contributed by atoms with Gasteiger partial charge in [0.05, 0.1) is 0 Å². The number of aromatic carboxylic acids is 1. The van der Waals surface area contributed by atoms with Gasteiger partial charge in [-0.15, -0.1) is 0 Å². The molecule has 0 saturated heterocycles. The van der Waals surface area contributed by atoms with Gasteiger partial charge in [0.2, 0.25) is 21.7 Å². The quantitative estimate of drug-likeness (QED) is 0.679. The van der Waals surface area contributed by atoms with Crippen LogP contribution in [0.3, 0.4) is 0 Å².